The van der Waals surface area contributed by atoms with Gasteiger partial charge in [0.05, 0.1) is 16.4 Å². The Balaban J connectivity index is 1.43. The molecule has 1 N–H and O–H groups in total. The van der Waals surface area contributed by atoms with E-state index < -0.39 is 11.6 Å². The van der Waals surface area contributed by atoms with Crippen LogP contribution in [0.15, 0.2) is 59.4 Å². The summed E-state index contributed by atoms with van der Waals surface area (Å²) in [5.41, 5.74) is 0.358. The number of aromatic nitrogens is 2. The van der Waals surface area contributed by atoms with E-state index in [1.807, 2.05) is 4.90 Å². The summed E-state index contributed by atoms with van der Waals surface area (Å²) in [5.74, 6) is -0.755. The molecule has 2 heterocycles. The van der Waals surface area contributed by atoms with E-state index in [0.717, 1.165) is 10.7 Å². The molecular formula is C22H19ClF2N4O2. The van der Waals surface area contributed by atoms with E-state index in [2.05, 4.69) is 10.4 Å². The molecule has 31 heavy (non-hydrogen) atoms. The molecule has 0 spiro atoms. The molecule has 0 aliphatic carbocycles. The Morgan fingerprint density at radius 3 is 2.48 bits per heavy atom. The molecule has 0 saturated carbocycles. The SMILES string of the molecule is O=C(Nc1ccc(F)cc1Cl)C1CCN(c2ccc(=O)n(-c3cccc(F)c3)n2)CC1. The number of rotatable bonds is 4. The molecular weight excluding hydrogens is 426 g/mol. The number of hydrogen-bond acceptors (Lipinski definition) is 4. The number of anilines is 2. The summed E-state index contributed by atoms with van der Waals surface area (Å²) in [6.07, 6.45) is 1.15. The van der Waals surface area contributed by atoms with Gasteiger partial charge in [-0.1, -0.05) is 17.7 Å². The molecule has 1 saturated heterocycles. The molecule has 1 amide bonds. The third-order valence-electron chi connectivity index (χ3n) is 5.22. The van der Waals surface area contributed by atoms with E-state index in [1.54, 1.807) is 12.1 Å². The van der Waals surface area contributed by atoms with Crippen molar-refractivity contribution in [3.8, 4) is 5.69 Å². The molecule has 3 aromatic rings. The second kappa shape index (κ2) is 8.85. The normalized spacial score (nSPS) is 14.5. The Kier molecular flexibility index (Phi) is 5.99. The van der Waals surface area contributed by atoms with E-state index in [1.165, 1.54) is 36.4 Å². The third-order valence-corrected chi connectivity index (χ3v) is 5.53. The summed E-state index contributed by atoms with van der Waals surface area (Å²) in [4.78, 5) is 26.8. The number of carbonyl (C=O) groups excluding carboxylic acids is 1. The molecule has 1 aliphatic heterocycles. The number of carbonyl (C=O) groups is 1. The quantitative estimate of drug-likeness (QED) is 0.660. The van der Waals surface area contributed by atoms with Crippen LogP contribution in [-0.2, 0) is 4.79 Å². The van der Waals surface area contributed by atoms with Crippen LogP contribution in [0.3, 0.4) is 0 Å². The zero-order valence-electron chi connectivity index (χ0n) is 16.4. The van der Waals surface area contributed by atoms with Crippen molar-refractivity contribution < 1.29 is 13.6 Å². The molecule has 1 aliphatic rings. The van der Waals surface area contributed by atoms with Crippen LogP contribution in [0.5, 0.6) is 0 Å². The van der Waals surface area contributed by atoms with Gasteiger partial charge in [0.1, 0.15) is 17.5 Å². The predicted octanol–water partition coefficient (Wildman–Crippen LogP) is 4.02. The number of hydrogen-bond donors (Lipinski definition) is 1. The van der Waals surface area contributed by atoms with Gasteiger partial charge in [-0.2, -0.15) is 4.68 Å². The second-order valence-corrected chi connectivity index (χ2v) is 7.70. The molecule has 0 radical (unpaired) electrons. The standard InChI is InChI=1S/C22H19ClF2N4O2/c23-18-13-16(25)4-5-19(18)26-22(31)14-8-10-28(11-9-14)20-6-7-21(30)29(27-20)17-3-1-2-15(24)12-17/h1-7,12-14H,8-11H2,(H,26,31). The molecule has 0 unspecified atom stereocenters. The minimum Gasteiger partial charge on any atom is -0.355 e. The van der Waals surface area contributed by atoms with Crippen LogP contribution < -0.4 is 15.8 Å². The fraction of sp³-hybridized carbons (Fsp3) is 0.227. The Bertz CT molecular complexity index is 1180. The summed E-state index contributed by atoms with van der Waals surface area (Å²) >= 11 is 5.98. The maximum atomic E-state index is 13.5. The minimum absolute atomic E-state index is 0.148. The Hall–Kier alpha value is -3.26. The van der Waals surface area contributed by atoms with Gasteiger partial charge in [-0.25, -0.2) is 8.78 Å². The first-order chi connectivity index (χ1) is 14.9. The molecule has 160 valence electrons. The zero-order chi connectivity index (χ0) is 22.0. The molecule has 9 heteroatoms. The van der Waals surface area contributed by atoms with E-state index >= 15 is 0 Å². The van der Waals surface area contributed by atoms with Crippen LogP contribution in [0.2, 0.25) is 5.02 Å². The third kappa shape index (κ3) is 4.74. The van der Waals surface area contributed by atoms with E-state index in [9.17, 15) is 18.4 Å². The highest BCUT2D eigenvalue weighted by Crippen LogP contribution is 2.26. The van der Waals surface area contributed by atoms with E-state index in [-0.39, 0.29) is 22.4 Å². The van der Waals surface area contributed by atoms with Crippen LogP contribution in [-0.4, -0.2) is 28.8 Å². The number of amides is 1. The zero-order valence-corrected chi connectivity index (χ0v) is 17.1. The van der Waals surface area contributed by atoms with E-state index in [0.29, 0.717) is 43.1 Å². The van der Waals surface area contributed by atoms with Crippen molar-refractivity contribution in [3.05, 3.63) is 81.6 Å². The number of piperidine rings is 1. The first-order valence-corrected chi connectivity index (χ1v) is 10.2. The van der Waals surface area contributed by atoms with Crippen molar-refractivity contribution in [2.45, 2.75) is 12.8 Å². The summed E-state index contributed by atoms with van der Waals surface area (Å²) in [6.45, 7) is 1.12. The monoisotopic (exact) mass is 444 g/mol. The van der Waals surface area contributed by atoms with Gasteiger partial charge in [0.25, 0.3) is 5.56 Å². The van der Waals surface area contributed by atoms with Gasteiger partial charge in [0.2, 0.25) is 5.91 Å². The molecule has 0 atom stereocenters. The van der Waals surface area contributed by atoms with Gasteiger partial charge < -0.3 is 10.2 Å². The summed E-state index contributed by atoms with van der Waals surface area (Å²) < 4.78 is 27.9. The average molecular weight is 445 g/mol. The van der Waals surface area contributed by atoms with Crippen LogP contribution in [0.1, 0.15) is 12.8 Å². The smallest absolute Gasteiger partial charge is 0.271 e. The number of nitrogens with one attached hydrogen (secondary N) is 1. The van der Waals surface area contributed by atoms with Crippen LogP contribution in [0.4, 0.5) is 20.3 Å². The first-order valence-electron chi connectivity index (χ1n) is 9.78. The number of halogens is 3. The fourth-order valence-corrected chi connectivity index (χ4v) is 3.77. The van der Waals surface area contributed by atoms with Crippen molar-refractivity contribution in [2.75, 3.05) is 23.3 Å². The molecule has 6 nitrogen and oxygen atoms in total. The summed E-state index contributed by atoms with van der Waals surface area (Å²) in [6, 6.07) is 12.5. The summed E-state index contributed by atoms with van der Waals surface area (Å²) in [7, 11) is 0. The van der Waals surface area contributed by atoms with Gasteiger partial charge in [-0.3, -0.25) is 9.59 Å². The fourth-order valence-electron chi connectivity index (χ4n) is 3.56. The molecule has 1 fully saturated rings. The van der Waals surface area contributed by atoms with E-state index in [4.69, 9.17) is 11.6 Å². The molecule has 2 aromatic carbocycles. The highest BCUT2D eigenvalue weighted by molar-refractivity contribution is 6.33. The molecule has 0 bridgehead atoms. The van der Waals surface area contributed by atoms with Crippen molar-refractivity contribution in [1.82, 2.24) is 9.78 Å². The van der Waals surface area contributed by atoms with Gasteiger partial charge in [-0.15, -0.1) is 5.10 Å². The Morgan fingerprint density at radius 2 is 1.77 bits per heavy atom. The van der Waals surface area contributed by atoms with Gasteiger partial charge >= 0.3 is 0 Å². The minimum atomic E-state index is -0.469. The predicted molar refractivity (Wildman–Crippen MR) is 115 cm³/mol. The summed E-state index contributed by atoms with van der Waals surface area (Å²) in [5, 5.41) is 7.27. The van der Waals surface area contributed by atoms with Crippen molar-refractivity contribution in [3.63, 3.8) is 0 Å². The average Bonchev–Trinajstić information content (AvgIpc) is 2.76. The van der Waals surface area contributed by atoms with Gasteiger partial charge in [0, 0.05) is 25.1 Å². The molecule has 4 rings (SSSR count). The maximum Gasteiger partial charge on any atom is 0.271 e. The molecule has 1 aromatic heterocycles. The van der Waals surface area contributed by atoms with Gasteiger partial charge in [0.15, 0.2) is 0 Å². The Morgan fingerprint density at radius 1 is 1.03 bits per heavy atom. The highest BCUT2D eigenvalue weighted by Gasteiger charge is 2.26. The van der Waals surface area contributed by atoms with Crippen LogP contribution >= 0.6 is 11.6 Å². The Labute approximate surface area is 182 Å². The number of nitrogens with zero attached hydrogens (tertiary/aromatic N) is 3. The second-order valence-electron chi connectivity index (χ2n) is 7.30. The van der Waals surface area contributed by atoms with Gasteiger partial charge in [-0.05, 0) is 55.3 Å². The van der Waals surface area contributed by atoms with Crippen molar-refractivity contribution in [2.24, 2.45) is 5.92 Å². The largest absolute Gasteiger partial charge is 0.355 e. The lowest BCUT2D eigenvalue weighted by atomic mass is 9.96. The lowest BCUT2D eigenvalue weighted by Crippen LogP contribution is -2.39. The van der Waals surface area contributed by atoms with Crippen LogP contribution in [0, 0.1) is 17.6 Å². The highest BCUT2D eigenvalue weighted by atomic mass is 35.5. The maximum absolute atomic E-state index is 13.5. The van der Waals surface area contributed by atoms with Crippen molar-refractivity contribution in [1.29, 1.82) is 0 Å². The lowest BCUT2D eigenvalue weighted by molar-refractivity contribution is -0.120. The lowest BCUT2D eigenvalue weighted by Gasteiger charge is -2.32. The van der Waals surface area contributed by atoms with Crippen LogP contribution in [0.25, 0.3) is 5.69 Å². The topological polar surface area (TPSA) is 67.2 Å². The number of benzene rings is 2. The van der Waals surface area contributed by atoms with Crippen molar-refractivity contribution >= 4 is 29.0 Å². The first kappa shape index (κ1) is 21.0.